The smallest absolute Gasteiger partial charge is 0.322 e. The minimum atomic E-state index is -0.844. The first-order valence-corrected chi connectivity index (χ1v) is 11.2. The van der Waals surface area contributed by atoms with Crippen LogP contribution in [-0.4, -0.2) is 33.4 Å². The molecule has 0 unspecified atom stereocenters. The van der Waals surface area contributed by atoms with E-state index in [1.165, 1.54) is 11.3 Å². The first kappa shape index (κ1) is 18.6. The molecule has 0 atom stereocenters. The molecule has 2 aromatic heterocycles. The molecule has 2 N–H and O–H groups in total. The fourth-order valence-electron chi connectivity index (χ4n) is 3.47. The molecule has 10 heteroatoms. The Bertz CT molecular complexity index is 904. The Kier molecular flexibility index (Phi) is 5.04. The molecule has 2 fully saturated rings. The lowest BCUT2D eigenvalue weighted by Crippen LogP contribution is -2.51. The van der Waals surface area contributed by atoms with Crippen LogP contribution < -0.4 is 10.7 Å². The number of rotatable bonds is 4. The second-order valence-corrected chi connectivity index (χ2v) is 9.38. The van der Waals surface area contributed by atoms with Crippen LogP contribution in [0.2, 0.25) is 0 Å². The van der Waals surface area contributed by atoms with E-state index in [4.69, 9.17) is 0 Å². The average Bonchev–Trinajstić information content (AvgIpc) is 3.32. The van der Waals surface area contributed by atoms with Crippen molar-refractivity contribution in [2.75, 3.05) is 0 Å². The number of nitrogens with one attached hydrogen (secondary N) is 2. The van der Waals surface area contributed by atoms with E-state index in [0.717, 1.165) is 38.6 Å². The average molecular weight is 469 g/mol. The molecule has 0 aromatic carbocycles. The number of hydrogen-bond donors (Lipinski definition) is 2. The Balaban J connectivity index is 1.40. The lowest BCUT2D eigenvalue weighted by atomic mass is 9.82. The van der Waals surface area contributed by atoms with Crippen LogP contribution in [0.1, 0.15) is 37.8 Å². The fraction of sp³-hybridized carbons (Fsp3) is 0.412. The number of hydrogen-bond acceptors (Lipinski definition) is 6. The summed E-state index contributed by atoms with van der Waals surface area (Å²) >= 11 is 6.44. The molecule has 7 nitrogen and oxygen atoms in total. The largest absolute Gasteiger partial charge is 0.344 e. The van der Waals surface area contributed by atoms with Crippen molar-refractivity contribution >= 4 is 56.4 Å². The highest BCUT2D eigenvalue weighted by Crippen LogP contribution is 2.33. The lowest BCUT2D eigenvalue weighted by molar-refractivity contribution is -0.139. The van der Waals surface area contributed by atoms with Gasteiger partial charge in [-0.25, -0.2) is 9.78 Å². The van der Waals surface area contributed by atoms with Crippen LogP contribution in [0.15, 0.2) is 21.3 Å². The minimum Gasteiger partial charge on any atom is -0.322 e. The molecule has 27 heavy (non-hydrogen) atoms. The van der Waals surface area contributed by atoms with Gasteiger partial charge in [0.2, 0.25) is 5.91 Å². The summed E-state index contributed by atoms with van der Waals surface area (Å²) in [5.41, 5.74) is 2.21. The second-order valence-electron chi connectivity index (χ2n) is 6.70. The first-order chi connectivity index (χ1) is 13.0. The quantitative estimate of drug-likeness (QED) is 0.671. The molecule has 0 bridgehead atoms. The van der Waals surface area contributed by atoms with Crippen LogP contribution in [0, 0.1) is 0 Å². The van der Waals surface area contributed by atoms with Crippen molar-refractivity contribution in [1.82, 2.24) is 20.7 Å². The molecular formula is C17H17BrN4O3S2. The van der Waals surface area contributed by atoms with Gasteiger partial charge in [-0.05, 0) is 34.8 Å². The number of thiophene rings is 1. The molecule has 1 saturated carbocycles. The molecular weight excluding hydrogens is 452 g/mol. The maximum Gasteiger partial charge on any atom is 0.344 e. The van der Waals surface area contributed by atoms with E-state index in [9.17, 15) is 14.4 Å². The van der Waals surface area contributed by atoms with Gasteiger partial charge in [0.15, 0.2) is 0 Å². The highest BCUT2D eigenvalue weighted by Gasteiger charge is 2.52. The van der Waals surface area contributed by atoms with Gasteiger partial charge in [0.25, 0.3) is 5.91 Å². The van der Waals surface area contributed by atoms with Gasteiger partial charge in [-0.3, -0.25) is 15.0 Å². The molecule has 1 aliphatic carbocycles. The van der Waals surface area contributed by atoms with E-state index in [2.05, 4.69) is 31.7 Å². The summed E-state index contributed by atoms with van der Waals surface area (Å²) in [7, 11) is 0. The van der Waals surface area contributed by atoms with E-state index in [-0.39, 0.29) is 12.3 Å². The van der Waals surface area contributed by atoms with Crippen LogP contribution >= 0.6 is 38.6 Å². The number of carbonyl (C=O) groups excluding carboxylic acids is 3. The molecule has 1 spiro atoms. The number of imide groups is 1. The highest BCUT2D eigenvalue weighted by atomic mass is 79.9. The number of aromatic nitrogens is 1. The second kappa shape index (κ2) is 7.33. The Labute approximate surface area is 172 Å². The van der Waals surface area contributed by atoms with E-state index in [0.29, 0.717) is 18.5 Å². The Morgan fingerprint density at radius 3 is 2.74 bits per heavy atom. The number of halogens is 1. The number of thiazole rings is 1. The predicted octanol–water partition coefficient (Wildman–Crippen LogP) is 3.46. The van der Waals surface area contributed by atoms with E-state index in [1.54, 1.807) is 11.3 Å². The fourth-order valence-corrected chi connectivity index (χ4v) is 5.80. The van der Waals surface area contributed by atoms with Crippen molar-refractivity contribution in [3.8, 4) is 9.88 Å². The zero-order valence-electron chi connectivity index (χ0n) is 14.3. The molecule has 4 amide bonds. The maximum absolute atomic E-state index is 12.7. The molecule has 2 aliphatic rings. The monoisotopic (exact) mass is 468 g/mol. The third kappa shape index (κ3) is 3.65. The minimum absolute atomic E-state index is 0.00705. The van der Waals surface area contributed by atoms with Crippen molar-refractivity contribution in [2.24, 2.45) is 0 Å². The van der Waals surface area contributed by atoms with Crippen molar-refractivity contribution in [3.05, 3.63) is 27.0 Å². The SMILES string of the molecule is O=C(Cc1csc(-c2cc(Br)cs2)n1)NN1C(=O)NC2(CCCCC2)C1=O. The van der Waals surface area contributed by atoms with Gasteiger partial charge < -0.3 is 5.32 Å². The number of amides is 4. The van der Waals surface area contributed by atoms with E-state index >= 15 is 0 Å². The maximum atomic E-state index is 12.7. The zero-order valence-corrected chi connectivity index (χ0v) is 17.5. The van der Waals surface area contributed by atoms with Crippen LogP contribution in [0.4, 0.5) is 4.79 Å². The summed E-state index contributed by atoms with van der Waals surface area (Å²) in [5.74, 6) is -0.793. The molecule has 4 rings (SSSR count). The standard InChI is InChI=1S/C17H17BrN4O3S2/c18-10-6-12(26-8-10)14-19-11(9-27-14)7-13(23)21-22-15(24)17(20-16(22)25)4-2-1-3-5-17/h6,8-9H,1-5,7H2,(H,20,25)(H,21,23). The summed E-state index contributed by atoms with van der Waals surface area (Å²) in [6.07, 6.45) is 4.10. The first-order valence-electron chi connectivity index (χ1n) is 8.62. The topological polar surface area (TPSA) is 91.4 Å². The predicted molar refractivity (Wildman–Crippen MR) is 106 cm³/mol. The third-order valence-corrected chi connectivity index (χ3v) is 7.53. The number of carbonyl (C=O) groups is 3. The molecule has 2 aromatic rings. The highest BCUT2D eigenvalue weighted by molar-refractivity contribution is 9.10. The molecule has 1 aliphatic heterocycles. The Morgan fingerprint density at radius 2 is 2.04 bits per heavy atom. The Hall–Kier alpha value is -1.78. The zero-order chi connectivity index (χ0) is 19.0. The molecule has 0 radical (unpaired) electrons. The van der Waals surface area contributed by atoms with Gasteiger partial charge in [-0.1, -0.05) is 19.3 Å². The van der Waals surface area contributed by atoms with Gasteiger partial charge in [-0.2, -0.15) is 5.01 Å². The van der Waals surface area contributed by atoms with Gasteiger partial charge in [0.1, 0.15) is 10.5 Å². The summed E-state index contributed by atoms with van der Waals surface area (Å²) in [6.45, 7) is 0. The van der Waals surface area contributed by atoms with Crippen molar-refractivity contribution in [3.63, 3.8) is 0 Å². The van der Waals surface area contributed by atoms with Gasteiger partial charge >= 0.3 is 6.03 Å². The van der Waals surface area contributed by atoms with Crippen LogP contribution in [0.5, 0.6) is 0 Å². The Morgan fingerprint density at radius 1 is 1.26 bits per heavy atom. The lowest BCUT2D eigenvalue weighted by Gasteiger charge is -2.30. The number of hydrazine groups is 1. The third-order valence-electron chi connectivity index (χ3n) is 4.78. The summed E-state index contributed by atoms with van der Waals surface area (Å²) in [4.78, 5) is 42.7. The van der Waals surface area contributed by atoms with E-state index in [1.807, 2.05) is 16.8 Å². The normalized spacial score (nSPS) is 18.8. The summed E-state index contributed by atoms with van der Waals surface area (Å²) in [6, 6.07) is 1.42. The van der Waals surface area contributed by atoms with Crippen molar-refractivity contribution < 1.29 is 14.4 Å². The van der Waals surface area contributed by atoms with Gasteiger partial charge in [-0.15, -0.1) is 22.7 Å². The number of nitrogens with zero attached hydrogens (tertiary/aromatic N) is 2. The molecule has 1 saturated heterocycles. The number of urea groups is 1. The van der Waals surface area contributed by atoms with Gasteiger partial charge in [0, 0.05) is 15.2 Å². The van der Waals surface area contributed by atoms with Crippen LogP contribution in [-0.2, 0) is 16.0 Å². The van der Waals surface area contributed by atoms with Crippen LogP contribution in [0.25, 0.3) is 9.88 Å². The van der Waals surface area contributed by atoms with Crippen molar-refractivity contribution in [2.45, 2.75) is 44.1 Å². The summed E-state index contributed by atoms with van der Waals surface area (Å²) in [5, 5.41) is 8.23. The van der Waals surface area contributed by atoms with Gasteiger partial charge in [0.05, 0.1) is 17.0 Å². The molecule has 3 heterocycles. The van der Waals surface area contributed by atoms with Crippen LogP contribution in [0.3, 0.4) is 0 Å². The van der Waals surface area contributed by atoms with Crippen molar-refractivity contribution in [1.29, 1.82) is 0 Å². The van der Waals surface area contributed by atoms with E-state index < -0.39 is 17.5 Å². The molecule has 142 valence electrons. The summed E-state index contributed by atoms with van der Waals surface area (Å²) < 4.78 is 0.993.